The number of hydrogen-bond donors (Lipinski definition) is 1. The molecule has 1 N–H and O–H groups in total. The van der Waals surface area contributed by atoms with E-state index in [9.17, 15) is 4.79 Å². The second kappa shape index (κ2) is 9.42. The Morgan fingerprint density at radius 1 is 1.24 bits per heavy atom. The van der Waals surface area contributed by atoms with E-state index in [-0.39, 0.29) is 12.0 Å². The lowest BCUT2D eigenvalue weighted by Crippen LogP contribution is -2.53. The van der Waals surface area contributed by atoms with Gasteiger partial charge in [0.2, 0.25) is 0 Å². The van der Waals surface area contributed by atoms with Crippen LogP contribution < -0.4 is 5.32 Å². The molecule has 21 heavy (non-hydrogen) atoms. The molecular weight excluding hydrogens is 264 g/mol. The van der Waals surface area contributed by atoms with Crippen molar-refractivity contribution >= 4 is 5.97 Å². The molecule has 4 nitrogen and oxygen atoms in total. The zero-order chi connectivity index (χ0) is 15.7. The SMILES string of the molecule is CCOC(=O)C(C)(CCCCN1CCCCC1)NC(C)C. The number of esters is 1. The first-order valence-corrected chi connectivity index (χ1v) is 8.65. The molecule has 1 atom stereocenters. The smallest absolute Gasteiger partial charge is 0.326 e. The normalized spacial score (nSPS) is 19.5. The zero-order valence-corrected chi connectivity index (χ0v) is 14.4. The van der Waals surface area contributed by atoms with Crippen LogP contribution in [0, 0.1) is 0 Å². The van der Waals surface area contributed by atoms with Gasteiger partial charge in [-0.05, 0) is 79.4 Å². The largest absolute Gasteiger partial charge is 0.465 e. The van der Waals surface area contributed by atoms with Gasteiger partial charge in [-0.3, -0.25) is 10.1 Å². The molecular formula is C17H34N2O2. The van der Waals surface area contributed by atoms with E-state index < -0.39 is 5.54 Å². The van der Waals surface area contributed by atoms with Gasteiger partial charge in [0, 0.05) is 6.04 Å². The van der Waals surface area contributed by atoms with Crippen molar-refractivity contribution in [2.24, 2.45) is 0 Å². The standard InChI is InChI=1S/C17H34N2O2/c1-5-21-16(20)17(4,18-15(2)3)11-7-10-14-19-12-8-6-9-13-19/h15,18H,5-14H2,1-4H3. The molecule has 1 saturated heterocycles. The predicted octanol–water partition coefficient (Wildman–Crippen LogP) is 2.96. The molecule has 4 heteroatoms. The summed E-state index contributed by atoms with van der Waals surface area (Å²) in [5, 5.41) is 3.39. The number of carbonyl (C=O) groups is 1. The Morgan fingerprint density at radius 2 is 1.90 bits per heavy atom. The molecule has 0 aliphatic carbocycles. The minimum atomic E-state index is -0.550. The van der Waals surface area contributed by atoms with E-state index in [0.29, 0.717) is 6.61 Å². The van der Waals surface area contributed by atoms with Gasteiger partial charge >= 0.3 is 5.97 Å². The Morgan fingerprint density at radius 3 is 2.48 bits per heavy atom. The van der Waals surface area contributed by atoms with Gasteiger partial charge in [-0.1, -0.05) is 6.42 Å². The molecule has 0 aromatic carbocycles. The fourth-order valence-electron chi connectivity index (χ4n) is 3.16. The van der Waals surface area contributed by atoms with Crippen molar-refractivity contribution in [1.29, 1.82) is 0 Å². The van der Waals surface area contributed by atoms with Gasteiger partial charge < -0.3 is 9.64 Å². The van der Waals surface area contributed by atoms with Crippen LogP contribution in [0.15, 0.2) is 0 Å². The molecule has 0 spiro atoms. The summed E-state index contributed by atoms with van der Waals surface area (Å²) in [5.74, 6) is -0.114. The number of likely N-dealkylation sites (tertiary alicyclic amines) is 1. The lowest BCUT2D eigenvalue weighted by molar-refractivity contribution is -0.151. The van der Waals surface area contributed by atoms with E-state index in [1.807, 2.05) is 13.8 Å². The van der Waals surface area contributed by atoms with E-state index in [1.165, 1.54) is 38.9 Å². The van der Waals surface area contributed by atoms with E-state index in [0.717, 1.165) is 19.3 Å². The first-order valence-electron chi connectivity index (χ1n) is 8.65. The fourth-order valence-corrected chi connectivity index (χ4v) is 3.16. The van der Waals surface area contributed by atoms with Crippen molar-refractivity contribution in [2.75, 3.05) is 26.2 Å². The van der Waals surface area contributed by atoms with E-state index in [4.69, 9.17) is 4.74 Å². The number of unbranched alkanes of at least 4 members (excludes halogenated alkanes) is 1. The summed E-state index contributed by atoms with van der Waals surface area (Å²) in [7, 11) is 0. The molecule has 0 aromatic heterocycles. The molecule has 0 bridgehead atoms. The minimum Gasteiger partial charge on any atom is -0.465 e. The van der Waals surface area contributed by atoms with Crippen LogP contribution in [0.3, 0.4) is 0 Å². The number of hydrogen-bond acceptors (Lipinski definition) is 4. The number of piperidine rings is 1. The van der Waals surface area contributed by atoms with Crippen LogP contribution in [0.4, 0.5) is 0 Å². The van der Waals surface area contributed by atoms with Gasteiger partial charge in [-0.25, -0.2) is 0 Å². The molecule has 0 radical (unpaired) electrons. The van der Waals surface area contributed by atoms with Crippen LogP contribution in [0.5, 0.6) is 0 Å². The third-order valence-electron chi connectivity index (χ3n) is 4.18. The van der Waals surface area contributed by atoms with Crippen molar-refractivity contribution in [2.45, 2.75) is 77.8 Å². The van der Waals surface area contributed by atoms with Gasteiger partial charge in [0.05, 0.1) is 6.61 Å². The number of nitrogens with one attached hydrogen (secondary N) is 1. The van der Waals surface area contributed by atoms with E-state index >= 15 is 0 Å². The van der Waals surface area contributed by atoms with Gasteiger partial charge in [0.1, 0.15) is 5.54 Å². The first-order chi connectivity index (χ1) is 9.98. The summed E-state index contributed by atoms with van der Waals surface area (Å²) in [4.78, 5) is 14.8. The maximum Gasteiger partial charge on any atom is 0.326 e. The minimum absolute atomic E-state index is 0.114. The van der Waals surface area contributed by atoms with Crippen LogP contribution in [0.1, 0.15) is 66.2 Å². The highest BCUT2D eigenvalue weighted by Crippen LogP contribution is 2.18. The van der Waals surface area contributed by atoms with Crippen LogP contribution in [0.25, 0.3) is 0 Å². The lowest BCUT2D eigenvalue weighted by atomic mass is 9.93. The quantitative estimate of drug-likeness (QED) is 0.525. The molecule has 0 aromatic rings. The van der Waals surface area contributed by atoms with Crippen molar-refractivity contribution in [3.63, 3.8) is 0 Å². The van der Waals surface area contributed by atoms with E-state index in [2.05, 4.69) is 24.1 Å². The highest BCUT2D eigenvalue weighted by Gasteiger charge is 2.34. The molecule has 1 aliphatic rings. The van der Waals surface area contributed by atoms with Gasteiger partial charge in [-0.15, -0.1) is 0 Å². The maximum absolute atomic E-state index is 12.2. The average Bonchev–Trinajstić information content (AvgIpc) is 2.44. The summed E-state index contributed by atoms with van der Waals surface area (Å²) >= 11 is 0. The maximum atomic E-state index is 12.2. The molecule has 1 heterocycles. The fraction of sp³-hybridized carbons (Fsp3) is 0.941. The second-order valence-electron chi connectivity index (χ2n) is 6.71. The Kier molecular flexibility index (Phi) is 8.27. The topological polar surface area (TPSA) is 41.6 Å². The first kappa shape index (κ1) is 18.4. The lowest BCUT2D eigenvalue weighted by Gasteiger charge is -2.31. The number of nitrogens with zero attached hydrogens (tertiary/aromatic N) is 1. The second-order valence-corrected chi connectivity index (χ2v) is 6.71. The van der Waals surface area contributed by atoms with Gasteiger partial charge in [0.15, 0.2) is 0 Å². The predicted molar refractivity (Wildman–Crippen MR) is 87.5 cm³/mol. The molecule has 0 saturated carbocycles. The van der Waals surface area contributed by atoms with Gasteiger partial charge in [0.25, 0.3) is 0 Å². The number of carbonyl (C=O) groups excluding carboxylic acids is 1. The molecule has 1 rings (SSSR count). The highest BCUT2D eigenvalue weighted by atomic mass is 16.5. The van der Waals surface area contributed by atoms with Crippen LogP contribution in [0.2, 0.25) is 0 Å². The summed E-state index contributed by atoms with van der Waals surface area (Å²) in [6.07, 6.45) is 7.14. The molecule has 124 valence electrons. The Balaban J connectivity index is 2.36. The number of ether oxygens (including phenoxy) is 1. The Hall–Kier alpha value is -0.610. The third-order valence-corrected chi connectivity index (χ3v) is 4.18. The Bertz CT molecular complexity index is 301. The van der Waals surface area contributed by atoms with Crippen molar-refractivity contribution in [3.05, 3.63) is 0 Å². The summed E-state index contributed by atoms with van der Waals surface area (Å²) < 4.78 is 5.24. The van der Waals surface area contributed by atoms with Crippen molar-refractivity contribution < 1.29 is 9.53 Å². The average molecular weight is 298 g/mol. The molecule has 0 amide bonds. The summed E-state index contributed by atoms with van der Waals surface area (Å²) in [6, 6.07) is 0.279. The highest BCUT2D eigenvalue weighted by molar-refractivity contribution is 5.80. The molecule has 1 fully saturated rings. The summed E-state index contributed by atoms with van der Waals surface area (Å²) in [5.41, 5.74) is -0.550. The molecule has 1 aliphatic heterocycles. The van der Waals surface area contributed by atoms with Crippen LogP contribution >= 0.6 is 0 Å². The van der Waals surface area contributed by atoms with E-state index in [1.54, 1.807) is 0 Å². The zero-order valence-electron chi connectivity index (χ0n) is 14.4. The summed E-state index contributed by atoms with van der Waals surface area (Å²) in [6.45, 7) is 12.1. The number of rotatable bonds is 9. The van der Waals surface area contributed by atoms with Crippen LogP contribution in [-0.2, 0) is 9.53 Å². The monoisotopic (exact) mass is 298 g/mol. The Labute approximate surface area is 130 Å². The van der Waals surface area contributed by atoms with Crippen LogP contribution in [-0.4, -0.2) is 48.7 Å². The van der Waals surface area contributed by atoms with Gasteiger partial charge in [-0.2, -0.15) is 0 Å². The molecule has 1 unspecified atom stereocenters. The van der Waals surface area contributed by atoms with Crippen molar-refractivity contribution in [3.8, 4) is 0 Å². The van der Waals surface area contributed by atoms with Crippen molar-refractivity contribution in [1.82, 2.24) is 10.2 Å². The third kappa shape index (κ3) is 6.79.